The number of rotatable bonds is 5. The van der Waals surface area contributed by atoms with E-state index < -0.39 is 0 Å². The maximum Gasteiger partial charge on any atom is 0.225 e. The lowest BCUT2D eigenvalue weighted by Gasteiger charge is -2.32. The summed E-state index contributed by atoms with van der Waals surface area (Å²) in [4.78, 5) is 8.54. The van der Waals surface area contributed by atoms with Crippen molar-refractivity contribution in [3.63, 3.8) is 0 Å². The monoisotopic (exact) mass is 313 g/mol. The molecular formula is C18H23N3O2. The van der Waals surface area contributed by atoms with E-state index in [1.165, 1.54) is 11.1 Å². The van der Waals surface area contributed by atoms with Crippen LogP contribution in [-0.2, 0) is 4.74 Å². The molecule has 5 heteroatoms. The van der Waals surface area contributed by atoms with E-state index in [0.717, 1.165) is 26.0 Å². The van der Waals surface area contributed by atoms with Crippen LogP contribution in [0.5, 0.6) is 5.88 Å². The van der Waals surface area contributed by atoms with E-state index in [4.69, 9.17) is 9.47 Å². The van der Waals surface area contributed by atoms with Gasteiger partial charge in [-0.2, -0.15) is 4.98 Å². The molecule has 3 rings (SSSR count). The molecule has 0 radical (unpaired) electrons. The Morgan fingerprint density at radius 2 is 2.09 bits per heavy atom. The van der Waals surface area contributed by atoms with Gasteiger partial charge >= 0.3 is 0 Å². The number of nitrogens with one attached hydrogen (secondary N) is 1. The molecule has 2 unspecified atom stereocenters. The first-order valence-electron chi connectivity index (χ1n) is 8.05. The molecule has 1 N–H and O–H groups in total. The van der Waals surface area contributed by atoms with Gasteiger partial charge in [0.05, 0.1) is 13.2 Å². The van der Waals surface area contributed by atoms with Crippen LogP contribution in [0.15, 0.2) is 36.5 Å². The summed E-state index contributed by atoms with van der Waals surface area (Å²) in [5.74, 6) is 1.57. The first kappa shape index (κ1) is 15.7. The average molecular weight is 313 g/mol. The third kappa shape index (κ3) is 3.99. The second-order valence-electron chi connectivity index (χ2n) is 5.91. The van der Waals surface area contributed by atoms with Crippen LogP contribution in [0.25, 0.3) is 0 Å². The fourth-order valence-electron chi connectivity index (χ4n) is 2.94. The minimum absolute atomic E-state index is 0.127. The van der Waals surface area contributed by atoms with Gasteiger partial charge < -0.3 is 14.8 Å². The van der Waals surface area contributed by atoms with Gasteiger partial charge in [0.25, 0.3) is 0 Å². The lowest BCUT2D eigenvalue weighted by Crippen LogP contribution is -2.28. The van der Waals surface area contributed by atoms with E-state index in [1.807, 2.05) is 0 Å². The number of hydrogen-bond acceptors (Lipinski definition) is 5. The molecule has 2 heterocycles. The molecule has 0 bridgehead atoms. The van der Waals surface area contributed by atoms with Crippen molar-refractivity contribution in [1.82, 2.24) is 9.97 Å². The van der Waals surface area contributed by atoms with Crippen LogP contribution in [-0.4, -0.2) is 30.2 Å². The summed E-state index contributed by atoms with van der Waals surface area (Å²) in [5, 5.41) is 3.32. The van der Waals surface area contributed by atoms with Crippen LogP contribution in [0.2, 0.25) is 0 Å². The molecule has 1 saturated heterocycles. The molecule has 1 aromatic carbocycles. The summed E-state index contributed by atoms with van der Waals surface area (Å²) in [5.41, 5.74) is 2.51. The Balaban J connectivity index is 1.67. The Hall–Kier alpha value is -2.14. The van der Waals surface area contributed by atoms with Crippen LogP contribution in [0.3, 0.4) is 0 Å². The Bertz CT molecular complexity index is 630. The van der Waals surface area contributed by atoms with E-state index in [2.05, 4.69) is 46.5 Å². The number of methoxy groups -OCH3 is 1. The summed E-state index contributed by atoms with van der Waals surface area (Å²) in [7, 11) is 1.61. The molecule has 1 aromatic heterocycles. The van der Waals surface area contributed by atoms with Crippen LogP contribution in [0.1, 0.15) is 30.1 Å². The average Bonchev–Trinajstić information content (AvgIpc) is 2.61. The zero-order valence-electron chi connectivity index (χ0n) is 13.7. The summed E-state index contributed by atoms with van der Waals surface area (Å²) >= 11 is 0. The van der Waals surface area contributed by atoms with Crippen LogP contribution < -0.4 is 10.1 Å². The normalized spacial score (nSPS) is 21.0. The smallest absolute Gasteiger partial charge is 0.225 e. The lowest BCUT2D eigenvalue weighted by atomic mass is 9.89. The first-order valence-corrected chi connectivity index (χ1v) is 8.05. The summed E-state index contributed by atoms with van der Waals surface area (Å²) in [6.07, 6.45) is 4.05. The van der Waals surface area contributed by atoms with Gasteiger partial charge in [-0.15, -0.1) is 0 Å². The molecule has 2 atom stereocenters. The molecule has 23 heavy (non-hydrogen) atoms. The van der Waals surface area contributed by atoms with E-state index >= 15 is 0 Å². The zero-order valence-corrected chi connectivity index (χ0v) is 13.7. The van der Waals surface area contributed by atoms with Crippen LogP contribution in [0, 0.1) is 12.8 Å². The SMILES string of the molecule is COc1ccnc(NCC2CCCOC2c2ccc(C)cc2)n1. The van der Waals surface area contributed by atoms with Gasteiger partial charge in [0.2, 0.25) is 11.8 Å². The van der Waals surface area contributed by atoms with Crippen molar-refractivity contribution < 1.29 is 9.47 Å². The Labute approximate surface area is 137 Å². The number of aryl methyl sites for hydroxylation is 1. The first-order chi connectivity index (χ1) is 11.3. The fraction of sp³-hybridized carbons (Fsp3) is 0.444. The van der Waals surface area contributed by atoms with Gasteiger partial charge in [0.15, 0.2) is 0 Å². The summed E-state index contributed by atoms with van der Waals surface area (Å²) < 4.78 is 11.2. The number of ether oxygens (including phenoxy) is 2. The van der Waals surface area contributed by atoms with E-state index in [1.54, 1.807) is 19.4 Å². The number of aromatic nitrogens is 2. The zero-order chi connectivity index (χ0) is 16.1. The van der Waals surface area contributed by atoms with Gasteiger partial charge in [-0.3, -0.25) is 0 Å². The number of anilines is 1. The van der Waals surface area contributed by atoms with Crippen molar-refractivity contribution in [3.05, 3.63) is 47.7 Å². The second kappa shape index (κ2) is 7.42. The van der Waals surface area contributed by atoms with Crippen molar-refractivity contribution in [1.29, 1.82) is 0 Å². The third-order valence-electron chi connectivity index (χ3n) is 4.21. The molecule has 1 fully saturated rings. The maximum absolute atomic E-state index is 6.04. The Morgan fingerprint density at radius 1 is 1.26 bits per heavy atom. The quantitative estimate of drug-likeness (QED) is 0.917. The van der Waals surface area contributed by atoms with Crippen molar-refractivity contribution in [2.45, 2.75) is 25.9 Å². The molecule has 0 saturated carbocycles. The van der Waals surface area contributed by atoms with Crippen molar-refractivity contribution in [2.24, 2.45) is 5.92 Å². The maximum atomic E-state index is 6.04. The second-order valence-corrected chi connectivity index (χ2v) is 5.91. The number of hydrogen-bond donors (Lipinski definition) is 1. The molecular weight excluding hydrogens is 290 g/mol. The topological polar surface area (TPSA) is 56.3 Å². The van der Waals surface area contributed by atoms with Crippen LogP contribution in [0.4, 0.5) is 5.95 Å². The molecule has 122 valence electrons. The predicted molar refractivity (Wildman–Crippen MR) is 89.7 cm³/mol. The van der Waals surface area contributed by atoms with Gasteiger partial charge in [0.1, 0.15) is 0 Å². The third-order valence-corrected chi connectivity index (χ3v) is 4.21. The van der Waals surface area contributed by atoms with Crippen LogP contribution >= 0.6 is 0 Å². The molecule has 2 aromatic rings. The lowest BCUT2D eigenvalue weighted by molar-refractivity contribution is -0.0238. The van der Waals surface area contributed by atoms with Crippen molar-refractivity contribution in [3.8, 4) is 5.88 Å². The highest BCUT2D eigenvalue weighted by Crippen LogP contribution is 2.33. The largest absolute Gasteiger partial charge is 0.481 e. The number of benzene rings is 1. The molecule has 0 spiro atoms. The van der Waals surface area contributed by atoms with E-state index in [0.29, 0.717) is 17.7 Å². The summed E-state index contributed by atoms with van der Waals surface area (Å²) in [6, 6.07) is 10.4. The Kier molecular flexibility index (Phi) is 5.08. The van der Waals surface area contributed by atoms with Gasteiger partial charge in [-0.25, -0.2) is 4.98 Å². The highest BCUT2D eigenvalue weighted by atomic mass is 16.5. The van der Waals surface area contributed by atoms with E-state index in [-0.39, 0.29) is 6.10 Å². The molecule has 1 aliphatic rings. The minimum Gasteiger partial charge on any atom is -0.481 e. The Morgan fingerprint density at radius 3 is 2.87 bits per heavy atom. The van der Waals surface area contributed by atoms with E-state index in [9.17, 15) is 0 Å². The molecule has 1 aliphatic heterocycles. The highest BCUT2D eigenvalue weighted by Gasteiger charge is 2.27. The molecule has 0 amide bonds. The van der Waals surface area contributed by atoms with Gasteiger partial charge in [-0.1, -0.05) is 29.8 Å². The molecule has 5 nitrogen and oxygen atoms in total. The number of nitrogens with zero attached hydrogens (tertiary/aromatic N) is 2. The molecule has 0 aliphatic carbocycles. The van der Waals surface area contributed by atoms with Crippen molar-refractivity contribution in [2.75, 3.05) is 25.6 Å². The standard InChI is InChI=1S/C18H23N3O2/c1-13-5-7-14(8-6-13)17-15(4-3-11-23-17)12-20-18-19-10-9-16(21-18)22-2/h5-10,15,17H,3-4,11-12H2,1-2H3,(H,19,20,21). The fourth-order valence-corrected chi connectivity index (χ4v) is 2.94. The minimum atomic E-state index is 0.127. The summed E-state index contributed by atoms with van der Waals surface area (Å²) in [6.45, 7) is 3.71. The highest BCUT2D eigenvalue weighted by molar-refractivity contribution is 5.28. The predicted octanol–water partition coefficient (Wildman–Crippen LogP) is 3.37. The van der Waals surface area contributed by atoms with Gasteiger partial charge in [0, 0.05) is 31.3 Å². The van der Waals surface area contributed by atoms with Gasteiger partial charge in [-0.05, 0) is 25.3 Å². The van der Waals surface area contributed by atoms with Crippen molar-refractivity contribution >= 4 is 5.95 Å².